The van der Waals surface area contributed by atoms with Crippen molar-refractivity contribution in [3.05, 3.63) is 83.4 Å². The minimum absolute atomic E-state index is 0.0765. The van der Waals surface area contributed by atoms with E-state index in [2.05, 4.69) is 22.5 Å². The van der Waals surface area contributed by atoms with Crippen molar-refractivity contribution in [1.82, 2.24) is 14.7 Å². The molecule has 1 aromatic heterocycles. The van der Waals surface area contributed by atoms with Gasteiger partial charge in [-0.15, -0.1) is 0 Å². The zero-order chi connectivity index (χ0) is 18.1. The number of carbonyl (C=O) groups excluding carboxylic acids is 1. The Bertz CT molecular complexity index is 935. The average Bonchev–Trinajstić information content (AvgIpc) is 3.09. The number of benzene rings is 2. The molecule has 0 aliphatic carbocycles. The summed E-state index contributed by atoms with van der Waals surface area (Å²) in [4.78, 5) is 14.5. The maximum Gasteiger partial charge on any atom is 0.322 e. The lowest BCUT2D eigenvalue weighted by molar-refractivity contribution is 0.203. The molecule has 0 bridgehead atoms. The quantitative estimate of drug-likeness (QED) is 0.765. The topological polar surface area (TPSA) is 50.2 Å². The van der Waals surface area contributed by atoms with Gasteiger partial charge in [0.05, 0.1) is 6.20 Å². The molecule has 2 aromatic carbocycles. The predicted octanol–water partition coefficient (Wildman–Crippen LogP) is 3.74. The molecule has 1 atom stereocenters. The number of nitrogens with zero attached hydrogens (tertiary/aromatic N) is 3. The Balaban J connectivity index is 1.60. The van der Waals surface area contributed by atoms with Crippen LogP contribution in [0, 0.1) is 5.82 Å². The molecule has 1 unspecified atom stereocenters. The van der Waals surface area contributed by atoms with Crippen molar-refractivity contribution in [2.45, 2.75) is 12.5 Å². The second-order valence-electron chi connectivity index (χ2n) is 6.52. The van der Waals surface area contributed by atoms with E-state index in [9.17, 15) is 9.18 Å². The first kappa shape index (κ1) is 16.3. The minimum Gasteiger partial charge on any atom is -0.319 e. The number of halogens is 1. The van der Waals surface area contributed by atoms with Crippen molar-refractivity contribution in [2.24, 2.45) is 7.05 Å². The van der Waals surface area contributed by atoms with Gasteiger partial charge in [-0.3, -0.25) is 4.68 Å². The molecule has 4 rings (SSSR count). The number of rotatable bonds is 2. The highest BCUT2D eigenvalue weighted by Gasteiger charge is 2.29. The first-order valence-corrected chi connectivity index (χ1v) is 8.48. The second kappa shape index (κ2) is 6.63. The predicted molar refractivity (Wildman–Crippen MR) is 97.3 cm³/mol. The molecule has 1 aliphatic heterocycles. The molecular weight excluding hydrogens is 331 g/mol. The van der Waals surface area contributed by atoms with Gasteiger partial charge in [-0.05, 0) is 41.0 Å². The number of carbonyl (C=O) groups is 1. The normalized spacial score (nSPS) is 16.2. The van der Waals surface area contributed by atoms with Gasteiger partial charge in [0.1, 0.15) is 5.82 Å². The first-order chi connectivity index (χ1) is 12.6. The van der Waals surface area contributed by atoms with Crippen LogP contribution in [0.2, 0.25) is 0 Å². The van der Waals surface area contributed by atoms with E-state index in [4.69, 9.17) is 0 Å². The fourth-order valence-electron chi connectivity index (χ4n) is 3.40. The van der Waals surface area contributed by atoms with E-state index in [0.29, 0.717) is 18.8 Å². The molecule has 0 radical (unpaired) electrons. The van der Waals surface area contributed by atoms with E-state index in [1.807, 2.05) is 31.6 Å². The molecule has 5 nitrogen and oxygen atoms in total. The van der Waals surface area contributed by atoms with Gasteiger partial charge in [0.15, 0.2) is 0 Å². The number of anilines is 1. The third kappa shape index (κ3) is 3.18. The number of urea groups is 1. The molecule has 0 saturated heterocycles. The van der Waals surface area contributed by atoms with Crippen LogP contribution in [0.25, 0.3) is 0 Å². The van der Waals surface area contributed by atoms with Crippen molar-refractivity contribution < 1.29 is 9.18 Å². The molecule has 1 aliphatic rings. The summed E-state index contributed by atoms with van der Waals surface area (Å²) in [5.74, 6) is -0.251. The van der Waals surface area contributed by atoms with E-state index in [1.165, 1.54) is 17.7 Å². The first-order valence-electron chi connectivity index (χ1n) is 8.48. The van der Waals surface area contributed by atoms with E-state index in [-0.39, 0.29) is 17.8 Å². The van der Waals surface area contributed by atoms with Crippen molar-refractivity contribution in [1.29, 1.82) is 0 Å². The van der Waals surface area contributed by atoms with E-state index < -0.39 is 0 Å². The molecule has 2 amide bonds. The smallest absolute Gasteiger partial charge is 0.319 e. The Morgan fingerprint density at radius 3 is 2.69 bits per heavy atom. The number of aromatic nitrogens is 2. The largest absolute Gasteiger partial charge is 0.322 e. The number of hydrogen-bond acceptors (Lipinski definition) is 2. The highest BCUT2D eigenvalue weighted by molar-refractivity contribution is 5.89. The summed E-state index contributed by atoms with van der Waals surface area (Å²) < 4.78 is 14.8. The zero-order valence-electron chi connectivity index (χ0n) is 14.4. The molecule has 26 heavy (non-hydrogen) atoms. The molecule has 132 valence electrons. The molecule has 2 heterocycles. The van der Waals surface area contributed by atoms with E-state index in [1.54, 1.807) is 21.7 Å². The third-order valence-electron chi connectivity index (χ3n) is 4.70. The minimum atomic E-state index is -0.327. The van der Waals surface area contributed by atoms with Crippen molar-refractivity contribution in [3.8, 4) is 0 Å². The van der Waals surface area contributed by atoms with Gasteiger partial charge in [-0.1, -0.05) is 24.3 Å². The van der Waals surface area contributed by atoms with Crippen LogP contribution in [0.3, 0.4) is 0 Å². The van der Waals surface area contributed by atoms with Gasteiger partial charge in [-0.25, -0.2) is 9.18 Å². The summed E-state index contributed by atoms with van der Waals surface area (Å²) in [6.45, 7) is 1.11. The van der Waals surface area contributed by atoms with Crippen LogP contribution in [0.1, 0.15) is 22.6 Å². The maximum absolute atomic E-state index is 13.1. The standard InChI is InChI=1S/C20H19FN4O/c1-24-11-15(10-22-24)19-13-25(12-14-4-2-3-5-18(14)19)20(26)23-17-8-6-16(21)7-9-17/h2-11,19H,12-13H2,1H3,(H,23,26). The van der Waals surface area contributed by atoms with Crippen LogP contribution in [0.15, 0.2) is 60.9 Å². The molecule has 0 spiro atoms. The summed E-state index contributed by atoms with van der Waals surface area (Å²) >= 11 is 0. The number of hydrogen-bond donors (Lipinski definition) is 1. The average molecular weight is 350 g/mol. The zero-order valence-corrected chi connectivity index (χ0v) is 14.4. The van der Waals surface area contributed by atoms with E-state index in [0.717, 1.165) is 11.1 Å². The van der Waals surface area contributed by atoms with Crippen LogP contribution >= 0.6 is 0 Å². The molecule has 6 heteroatoms. The monoisotopic (exact) mass is 350 g/mol. The van der Waals surface area contributed by atoms with Gasteiger partial charge in [0, 0.05) is 37.9 Å². The molecule has 0 saturated carbocycles. The van der Waals surface area contributed by atoms with Crippen LogP contribution in [0.4, 0.5) is 14.9 Å². The number of fused-ring (bicyclic) bond motifs is 1. The molecular formula is C20H19FN4O. The highest BCUT2D eigenvalue weighted by atomic mass is 19.1. The maximum atomic E-state index is 13.1. The van der Waals surface area contributed by atoms with Gasteiger partial charge >= 0.3 is 6.03 Å². The van der Waals surface area contributed by atoms with Crippen molar-refractivity contribution in [2.75, 3.05) is 11.9 Å². The van der Waals surface area contributed by atoms with E-state index >= 15 is 0 Å². The van der Waals surface area contributed by atoms with Gasteiger partial charge in [0.2, 0.25) is 0 Å². The number of nitrogens with one attached hydrogen (secondary N) is 1. The summed E-state index contributed by atoms with van der Waals surface area (Å²) in [5, 5.41) is 7.12. The fraction of sp³-hybridized carbons (Fsp3) is 0.200. The SMILES string of the molecule is Cn1cc(C2CN(C(=O)Nc3ccc(F)cc3)Cc3ccccc32)cn1. The fourth-order valence-corrected chi connectivity index (χ4v) is 3.40. The molecule has 3 aromatic rings. The Hall–Kier alpha value is -3.15. The van der Waals surface area contributed by atoms with Crippen LogP contribution < -0.4 is 5.32 Å². The summed E-state index contributed by atoms with van der Waals surface area (Å²) in [6, 6.07) is 13.8. The summed E-state index contributed by atoms with van der Waals surface area (Å²) in [7, 11) is 1.89. The Labute approximate surface area is 151 Å². The molecule has 1 N–H and O–H groups in total. The third-order valence-corrected chi connectivity index (χ3v) is 4.70. The van der Waals surface area contributed by atoms with Gasteiger partial charge < -0.3 is 10.2 Å². The Kier molecular flexibility index (Phi) is 4.16. The lowest BCUT2D eigenvalue weighted by Gasteiger charge is -2.34. The van der Waals surface area contributed by atoms with Crippen LogP contribution in [0.5, 0.6) is 0 Å². The molecule has 0 fully saturated rings. The van der Waals surface area contributed by atoms with Crippen molar-refractivity contribution >= 4 is 11.7 Å². The summed E-state index contributed by atoms with van der Waals surface area (Å²) in [5.41, 5.74) is 4.01. The Morgan fingerprint density at radius 2 is 1.96 bits per heavy atom. The lowest BCUT2D eigenvalue weighted by atomic mass is 9.86. The van der Waals surface area contributed by atoms with Gasteiger partial charge in [-0.2, -0.15) is 5.10 Å². The lowest BCUT2D eigenvalue weighted by Crippen LogP contribution is -2.41. The summed E-state index contributed by atoms with van der Waals surface area (Å²) in [6.07, 6.45) is 3.84. The van der Waals surface area contributed by atoms with Crippen molar-refractivity contribution in [3.63, 3.8) is 0 Å². The van der Waals surface area contributed by atoms with Gasteiger partial charge in [0.25, 0.3) is 0 Å². The number of aryl methyl sites for hydroxylation is 1. The Morgan fingerprint density at radius 1 is 1.19 bits per heavy atom. The highest BCUT2D eigenvalue weighted by Crippen LogP contribution is 2.33. The second-order valence-corrected chi connectivity index (χ2v) is 6.52. The van der Waals surface area contributed by atoms with Crippen LogP contribution in [-0.2, 0) is 13.6 Å². The number of amides is 2. The van der Waals surface area contributed by atoms with Crippen LogP contribution in [-0.4, -0.2) is 27.3 Å².